The summed E-state index contributed by atoms with van der Waals surface area (Å²) in [5, 5.41) is 23.3. The van der Waals surface area contributed by atoms with Crippen molar-refractivity contribution in [1.82, 2.24) is 5.32 Å². The van der Waals surface area contributed by atoms with E-state index < -0.39 is 12.1 Å². The summed E-state index contributed by atoms with van der Waals surface area (Å²) < 4.78 is 5.48. The molecule has 0 aliphatic heterocycles. The van der Waals surface area contributed by atoms with Crippen LogP contribution in [0.5, 0.6) is 0 Å². The van der Waals surface area contributed by atoms with Gasteiger partial charge in [0, 0.05) is 12.8 Å². The van der Waals surface area contributed by atoms with E-state index in [1.54, 1.807) is 6.08 Å². The molecule has 0 aliphatic carbocycles. The predicted octanol–water partition coefficient (Wildman–Crippen LogP) is 26.2. The molecule has 0 bridgehead atoms. The molecule has 0 saturated heterocycles. The largest absolute Gasteiger partial charge is 0.466 e. The Bertz CT molecular complexity index is 1410. The average Bonchev–Trinajstić information content (AvgIpc) is 3.52. The van der Waals surface area contributed by atoms with Gasteiger partial charge in [0.2, 0.25) is 5.91 Å². The van der Waals surface area contributed by atoms with Gasteiger partial charge in [-0.25, -0.2) is 0 Å². The molecule has 3 N–H and O–H groups in total. The number of amides is 1. The molecule has 0 aromatic carbocycles. The smallest absolute Gasteiger partial charge is 0.305 e. The number of carbonyl (C=O) groups is 2. The van der Waals surface area contributed by atoms with Gasteiger partial charge < -0.3 is 20.3 Å². The van der Waals surface area contributed by atoms with Crippen LogP contribution in [0.3, 0.4) is 0 Å². The van der Waals surface area contributed by atoms with E-state index in [0.29, 0.717) is 19.4 Å². The monoisotopic (exact) mass is 1220 g/mol. The molecule has 1 amide bonds. The Morgan fingerprint density at radius 2 is 0.575 bits per heavy atom. The first-order valence-electron chi connectivity index (χ1n) is 39.8. The van der Waals surface area contributed by atoms with Crippen LogP contribution in [0.1, 0.15) is 444 Å². The third-order valence-corrected chi connectivity index (χ3v) is 18.7. The zero-order valence-electron chi connectivity index (χ0n) is 59.0. The van der Waals surface area contributed by atoms with Gasteiger partial charge in [0.15, 0.2) is 0 Å². The van der Waals surface area contributed by atoms with E-state index in [2.05, 4.69) is 43.5 Å². The van der Waals surface area contributed by atoms with Crippen molar-refractivity contribution in [2.24, 2.45) is 0 Å². The molecule has 0 rings (SSSR count). The zero-order chi connectivity index (χ0) is 62.8. The summed E-state index contributed by atoms with van der Waals surface area (Å²) in [5.74, 6) is -0.0417. The second kappa shape index (κ2) is 76.5. The highest BCUT2D eigenvalue weighted by molar-refractivity contribution is 5.76. The summed E-state index contributed by atoms with van der Waals surface area (Å²) in [6, 6.07) is -0.627. The van der Waals surface area contributed by atoms with E-state index in [1.807, 2.05) is 6.08 Å². The van der Waals surface area contributed by atoms with Crippen molar-refractivity contribution >= 4 is 11.9 Å². The van der Waals surface area contributed by atoms with Gasteiger partial charge in [-0.05, 0) is 64.2 Å². The van der Waals surface area contributed by atoms with Gasteiger partial charge in [0.05, 0.1) is 25.4 Å². The minimum absolute atomic E-state index is 0.0188. The molecule has 0 fully saturated rings. The van der Waals surface area contributed by atoms with Crippen molar-refractivity contribution in [3.05, 3.63) is 36.5 Å². The molecule has 0 aromatic heterocycles. The number of allylic oxidation sites excluding steroid dienone is 5. The van der Waals surface area contributed by atoms with Crippen LogP contribution < -0.4 is 5.32 Å². The normalized spacial score (nSPS) is 12.6. The number of hydrogen-bond acceptors (Lipinski definition) is 5. The highest BCUT2D eigenvalue weighted by Crippen LogP contribution is 2.20. The molecule has 2 unspecified atom stereocenters. The number of unbranched alkanes of at least 4 members (excludes halogenated alkanes) is 60. The summed E-state index contributed by atoms with van der Waals surface area (Å²) in [6.07, 6.45) is 99.9. The summed E-state index contributed by atoms with van der Waals surface area (Å²) in [5.41, 5.74) is 0. The molecule has 6 nitrogen and oxygen atoms in total. The van der Waals surface area contributed by atoms with Gasteiger partial charge in [0.1, 0.15) is 0 Å². The number of carbonyl (C=O) groups excluding carboxylic acids is 2. The number of ether oxygens (including phenoxy) is 1. The molecule has 0 saturated carbocycles. The predicted molar refractivity (Wildman–Crippen MR) is 384 cm³/mol. The molecule has 2 atom stereocenters. The lowest BCUT2D eigenvalue weighted by Crippen LogP contribution is -2.45. The van der Waals surface area contributed by atoms with Crippen LogP contribution in [0.25, 0.3) is 0 Å². The van der Waals surface area contributed by atoms with Crippen LogP contribution in [-0.2, 0) is 14.3 Å². The maximum Gasteiger partial charge on any atom is 0.305 e. The third kappa shape index (κ3) is 73.0. The fraction of sp³-hybridized carbons (Fsp3) is 0.901. The maximum atomic E-state index is 12.5. The highest BCUT2D eigenvalue weighted by Gasteiger charge is 2.18. The summed E-state index contributed by atoms with van der Waals surface area (Å²) in [7, 11) is 0. The lowest BCUT2D eigenvalue weighted by molar-refractivity contribution is -0.143. The Hall–Kier alpha value is -1.92. The number of aliphatic hydroxyl groups excluding tert-OH is 2. The van der Waals surface area contributed by atoms with Gasteiger partial charge in [-0.2, -0.15) is 0 Å². The lowest BCUT2D eigenvalue weighted by Gasteiger charge is -2.20. The lowest BCUT2D eigenvalue weighted by atomic mass is 10.0. The number of rotatable bonds is 75. The van der Waals surface area contributed by atoms with Gasteiger partial charge in [-0.15, -0.1) is 0 Å². The van der Waals surface area contributed by atoms with Gasteiger partial charge in [0.25, 0.3) is 0 Å². The Kier molecular flexibility index (Phi) is 74.8. The third-order valence-electron chi connectivity index (χ3n) is 18.7. The molecular formula is C81H155NO5. The van der Waals surface area contributed by atoms with Crippen LogP contribution in [0.15, 0.2) is 36.5 Å². The van der Waals surface area contributed by atoms with Gasteiger partial charge >= 0.3 is 5.97 Å². The number of esters is 1. The first-order chi connectivity index (χ1) is 43.0. The molecule has 0 heterocycles. The number of aliphatic hydroxyl groups is 2. The number of hydrogen-bond donors (Lipinski definition) is 3. The second-order valence-electron chi connectivity index (χ2n) is 27.4. The minimum atomic E-state index is -0.844. The second-order valence-corrected chi connectivity index (χ2v) is 27.4. The minimum Gasteiger partial charge on any atom is -0.466 e. The van der Waals surface area contributed by atoms with Gasteiger partial charge in [-0.3, -0.25) is 9.59 Å². The van der Waals surface area contributed by atoms with E-state index >= 15 is 0 Å². The Balaban J connectivity index is 3.39. The highest BCUT2D eigenvalue weighted by atomic mass is 16.5. The fourth-order valence-corrected chi connectivity index (χ4v) is 12.6. The SMILES string of the molecule is CCCCCCCCCCCCCCCCCCCCCC/C=C/C(O)C(CO)NC(=O)CCCCCCCCCCCCCCCCCCC/C=C\C/C=C\CCCCCCCCCCCCCCCOC(=O)CCCCCCCCCCCCC. The average molecular weight is 1220 g/mol. The standard InChI is InChI=1S/C81H155NO5/c1-3-5-7-9-11-13-15-16-17-18-19-20-38-41-44-47-50-54-57-61-65-69-73-79(84)78(77-83)82-80(85)74-70-66-62-58-55-51-48-45-42-39-36-34-32-30-28-26-24-22-21-23-25-27-29-31-33-35-37-40-43-46-49-52-56-60-64-68-72-76-87-81(86)75-71-67-63-59-53-14-12-10-8-6-4-2/h21,23,27,29,69,73,78-79,83-84H,3-20,22,24-26,28,30-68,70-72,74-77H2,1-2H3,(H,82,85)/b23-21-,29-27-,73-69+. The summed E-state index contributed by atoms with van der Waals surface area (Å²) in [4.78, 5) is 24.6. The van der Waals surface area contributed by atoms with Crippen molar-refractivity contribution in [3.8, 4) is 0 Å². The molecular weight excluding hydrogens is 1070 g/mol. The van der Waals surface area contributed by atoms with E-state index in [0.717, 1.165) is 44.9 Å². The molecule has 6 heteroatoms. The first kappa shape index (κ1) is 85.1. The quantitative estimate of drug-likeness (QED) is 0.0320. The van der Waals surface area contributed by atoms with Crippen molar-refractivity contribution in [3.63, 3.8) is 0 Å². The summed E-state index contributed by atoms with van der Waals surface area (Å²) in [6.45, 7) is 4.95. The molecule has 87 heavy (non-hydrogen) atoms. The Morgan fingerprint density at radius 3 is 0.874 bits per heavy atom. The Morgan fingerprint density at radius 1 is 0.322 bits per heavy atom. The van der Waals surface area contributed by atoms with Crippen LogP contribution in [0, 0.1) is 0 Å². The van der Waals surface area contributed by atoms with E-state index in [9.17, 15) is 19.8 Å². The molecule has 514 valence electrons. The first-order valence-corrected chi connectivity index (χ1v) is 39.8. The van der Waals surface area contributed by atoms with E-state index in [4.69, 9.17) is 4.74 Å². The van der Waals surface area contributed by atoms with Crippen LogP contribution >= 0.6 is 0 Å². The topological polar surface area (TPSA) is 95.9 Å². The van der Waals surface area contributed by atoms with Gasteiger partial charge in [-0.1, -0.05) is 403 Å². The zero-order valence-corrected chi connectivity index (χ0v) is 59.0. The fourth-order valence-electron chi connectivity index (χ4n) is 12.6. The molecule has 0 aliphatic rings. The molecule has 0 aromatic rings. The van der Waals surface area contributed by atoms with E-state index in [-0.39, 0.29) is 18.5 Å². The van der Waals surface area contributed by atoms with E-state index in [1.165, 1.54) is 372 Å². The van der Waals surface area contributed by atoms with Crippen molar-refractivity contribution < 1.29 is 24.5 Å². The van der Waals surface area contributed by atoms with Crippen molar-refractivity contribution in [1.29, 1.82) is 0 Å². The van der Waals surface area contributed by atoms with Crippen LogP contribution in [0.4, 0.5) is 0 Å². The van der Waals surface area contributed by atoms with Crippen LogP contribution in [0.2, 0.25) is 0 Å². The summed E-state index contributed by atoms with van der Waals surface area (Å²) >= 11 is 0. The molecule has 0 radical (unpaired) electrons. The maximum absolute atomic E-state index is 12.5. The van der Waals surface area contributed by atoms with Crippen molar-refractivity contribution in [2.45, 2.75) is 456 Å². The van der Waals surface area contributed by atoms with Crippen molar-refractivity contribution in [2.75, 3.05) is 13.2 Å². The number of nitrogens with one attached hydrogen (secondary N) is 1. The van der Waals surface area contributed by atoms with Crippen LogP contribution in [-0.4, -0.2) is 47.4 Å². The molecule has 0 spiro atoms. The Labute approximate surface area is 544 Å².